The van der Waals surface area contributed by atoms with Crippen LogP contribution in [0.4, 0.5) is 4.79 Å². The fourth-order valence-corrected chi connectivity index (χ4v) is 1.01. The number of benzene rings is 1. The monoisotopic (exact) mass is 222 g/mol. The Bertz CT molecular complexity index is 423. The maximum Gasteiger partial charge on any atom is 0.308 e. The van der Waals surface area contributed by atoms with Crippen molar-refractivity contribution in [3.05, 3.63) is 29.8 Å². The average molecular weight is 222 g/mol. The van der Waals surface area contributed by atoms with Crippen molar-refractivity contribution < 1.29 is 24.2 Å². The van der Waals surface area contributed by atoms with Gasteiger partial charge in [-0.2, -0.15) is 0 Å². The molecule has 0 unspecified atom stereocenters. The van der Waals surface area contributed by atoms with Gasteiger partial charge < -0.3 is 20.0 Å². The van der Waals surface area contributed by atoms with Crippen molar-refractivity contribution in [2.45, 2.75) is 6.92 Å². The smallest absolute Gasteiger partial charge is 0.308 e. The number of imide groups is 1. The minimum atomic E-state index is -1.67. The van der Waals surface area contributed by atoms with E-state index in [9.17, 15) is 19.5 Å². The summed E-state index contributed by atoms with van der Waals surface area (Å²) in [6, 6.07) is 5.42. The summed E-state index contributed by atoms with van der Waals surface area (Å²) in [6.45, 7) is 1.25. The minimum absolute atomic E-state index is 0.125. The highest BCUT2D eigenvalue weighted by Gasteiger charge is 2.05. The third kappa shape index (κ3) is 3.41. The molecule has 0 aliphatic rings. The first-order valence-corrected chi connectivity index (χ1v) is 4.30. The predicted octanol–water partition coefficient (Wildman–Crippen LogP) is -0.315. The molecule has 6 nitrogen and oxygen atoms in total. The summed E-state index contributed by atoms with van der Waals surface area (Å²) in [5.41, 5.74) is 0.125. The van der Waals surface area contributed by atoms with E-state index in [1.54, 1.807) is 5.32 Å². The van der Waals surface area contributed by atoms with Crippen LogP contribution in [-0.2, 0) is 4.79 Å². The summed E-state index contributed by atoms with van der Waals surface area (Å²) < 4.78 is 4.73. The minimum Gasteiger partial charge on any atom is -0.530 e. The molecule has 0 aliphatic heterocycles. The van der Waals surface area contributed by atoms with E-state index in [0.717, 1.165) is 0 Å². The van der Waals surface area contributed by atoms with Gasteiger partial charge in [0, 0.05) is 12.5 Å². The van der Waals surface area contributed by atoms with Crippen molar-refractivity contribution in [2.24, 2.45) is 0 Å². The van der Waals surface area contributed by atoms with Gasteiger partial charge in [-0.15, -0.1) is 0 Å². The number of carbonyl (C=O) groups is 3. The zero-order chi connectivity index (χ0) is 12.1. The van der Waals surface area contributed by atoms with Crippen LogP contribution in [0.15, 0.2) is 24.3 Å². The van der Waals surface area contributed by atoms with Crippen molar-refractivity contribution in [2.75, 3.05) is 0 Å². The lowest BCUT2D eigenvalue weighted by atomic mass is 10.2. The molecule has 2 amide bonds. The maximum atomic E-state index is 11.1. The van der Waals surface area contributed by atoms with E-state index in [1.165, 1.54) is 31.2 Å². The molecule has 16 heavy (non-hydrogen) atoms. The van der Waals surface area contributed by atoms with Gasteiger partial charge >= 0.3 is 5.97 Å². The molecule has 1 aromatic carbocycles. The van der Waals surface area contributed by atoms with Crippen LogP contribution in [0.25, 0.3) is 0 Å². The van der Waals surface area contributed by atoms with Gasteiger partial charge in [0.05, 0.1) is 0 Å². The third-order valence-electron chi connectivity index (χ3n) is 1.59. The van der Waals surface area contributed by atoms with Crippen LogP contribution in [0.3, 0.4) is 0 Å². The topological polar surface area (TPSA) is 95.5 Å². The molecule has 6 heteroatoms. The molecule has 0 saturated carbocycles. The predicted molar refractivity (Wildman–Crippen MR) is 50.6 cm³/mol. The molecule has 84 valence electrons. The van der Waals surface area contributed by atoms with Gasteiger partial charge in [-0.25, -0.2) is 0 Å². The number of amides is 2. The second kappa shape index (κ2) is 4.92. The molecule has 0 spiro atoms. The van der Waals surface area contributed by atoms with Crippen molar-refractivity contribution >= 4 is 18.0 Å². The van der Waals surface area contributed by atoms with Crippen LogP contribution < -0.4 is 15.2 Å². The van der Waals surface area contributed by atoms with E-state index in [1.807, 2.05) is 0 Å². The normalized spacial score (nSPS) is 9.31. The lowest BCUT2D eigenvalue weighted by Crippen LogP contribution is -2.40. The molecule has 0 bridgehead atoms. The van der Waals surface area contributed by atoms with E-state index in [2.05, 4.69) is 0 Å². The molecule has 0 radical (unpaired) electrons. The number of rotatable bonds is 2. The number of ether oxygens (including phenoxy) is 1. The fourth-order valence-electron chi connectivity index (χ4n) is 1.01. The van der Waals surface area contributed by atoms with Crippen LogP contribution in [0.1, 0.15) is 17.3 Å². The Balaban J connectivity index is 2.74. The van der Waals surface area contributed by atoms with E-state index in [4.69, 9.17) is 4.74 Å². The number of nitrogens with one attached hydrogen (secondary N) is 1. The first-order valence-electron chi connectivity index (χ1n) is 4.30. The number of esters is 1. The fraction of sp³-hybridized carbons (Fsp3) is 0.100. The van der Waals surface area contributed by atoms with Gasteiger partial charge in [0.25, 0.3) is 5.91 Å². The van der Waals surface area contributed by atoms with Gasteiger partial charge in [-0.3, -0.25) is 9.59 Å². The van der Waals surface area contributed by atoms with Gasteiger partial charge in [-0.1, -0.05) is 0 Å². The largest absolute Gasteiger partial charge is 0.530 e. The number of carbonyl (C=O) groups excluding carboxylic acids is 3. The summed E-state index contributed by atoms with van der Waals surface area (Å²) in [6.07, 6.45) is -1.67. The van der Waals surface area contributed by atoms with Crippen LogP contribution in [0, 0.1) is 0 Å². The first kappa shape index (κ1) is 11.7. The Kier molecular flexibility index (Phi) is 3.60. The second-order valence-electron chi connectivity index (χ2n) is 2.86. The highest BCUT2D eigenvalue weighted by molar-refractivity contribution is 6.02. The number of carboxylic acid groups (broad SMARTS) is 1. The first-order chi connectivity index (χ1) is 7.49. The lowest BCUT2D eigenvalue weighted by molar-refractivity contribution is -0.249. The van der Waals surface area contributed by atoms with Gasteiger partial charge in [-0.05, 0) is 24.3 Å². The zero-order valence-corrected chi connectivity index (χ0v) is 8.35. The molecule has 0 aliphatic carbocycles. The van der Waals surface area contributed by atoms with Crippen LogP contribution in [0.5, 0.6) is 5.75 Å². The Morgan fingerprint density at radius 3 is 2.19 bits per heavy atom. The molecular weight excluding hydrogens is 214 g/mol. The summed E-state index contributed by atoms with van der Waals surface area (Å²) in [4.78, 5) is 31.8. The molecule has 1 N–H and O–H groups in total. The molecule has 0 saturated heterocycles. The van der Waals surface area contributed by atoms with E-state index < -0.39 is 18.0 Å². The highest BCUT2D eigenvalue weighted by Crippen LogP contribution is 2.12. The van der Waals surface area contributed by atoms with Crippen LogP contribution in [-0.4, -0.2) is 18.0 Å². The van der Waals surface area contributed by atoms with Gasteiger partial charge in [0.2, 0.25) is 0 Å². The van der Waals surface area contributed by atoms with Crippen molar-refractivity contribution in [3.63, 3.8) is 0 Å². The standard InChI is InChI=1S/C10H9NO5/c1-6(12)16-8-4-2-7(3-5-8)9(13)11-10(14)15/h2-5H,1H3,(H,11,13)(H,14,15)/p-1. The van der Waals surface area contributed by atoms with Crippen molar-refractivity contribution in [1.82, 2.24) is 5.32 Å². The van der Waals surface area contributed by atoms with Crippen molar-refractivity contribution in [1.29, 1.82) is 0 Å². The highest BCUT2D eigenvalue weighted by atomic mass is 16.5. The Hall–Kier alpha value is -2.37. The van der Waals surface area contributed by atoms with E-state index in [-0.39, 0.29) is 11.3 Å². The summed E-state index contributed by atoms with van der Waals surface area (Å²) in [5.74, 6) is -1.00. The molecular formula is C10H8NO5-. The van der Waals surface area contributed by atoms with Crippen LogP contribution in [0.2, 0.25) is 0 Å². The van der Waals surface area contributed by atoms with Gasteiger partial charge in [0.15, 0.2) is 0 Å². The number of hydrogen-bond donors (Lipinski definition) is 1. The Morgan fingerprint density at radius 1 is 1.19 bits per heavy atom. The molecule has 1 aromatic rings. The molecule has 0 heterocycles. The van der Waals surface area contributed by atoms with Gasteiger partial charge in [0.1, 0.15) is 11.8 Å². The molecule has 0 fully saturated rings. The average Bonchev–Trinajstić information content (AvgIpc) is 2.16. The number of hydrogen-bond acceptors (Lipinski definition) is 5. The Morgan fingerprint density at radius 2 is 1.75 bits per heavy atom. The second-order valence-corrected chi connectivity index (χ2v) is 2.86. The third-order valence-corrected chi connectivity index (χ3v) is 1.59. The lowest BCUT2D eigenvalue weighted by Gasteiger charge is -2.05. The molecule has 0 aromatic heterocycles. The Labute approximate surface area is 90.8 Å². The van der Waals surface area contributed by atoms with E-state index >= 15 is 0 Å². The van der Waals surface area contributed by atoms with Crippen molar-refractivity contribution in [3.8, 4) is 5.75 Å². The summed E-state index contributed by atoms with van der Waals surface area (Å²) >= 11 is 0. The quantitative estimate of drug-likeness (QED) is 0.546. The SMILES string of the molecule is CC(=O)Oc1ccc(C(=O)NC(=O)[O-])cc1. The molecule has 1 rings (SSSR count). The zero-order valence-electron chi connectivity index (χ0n) is 8.35. The van der Waals surface area contributed by atoms with Crippen LogP contribution >= 0.6 is 0 Å². The summed E-state index contributed by atoms with van der Waals surface area (Å²) in [7, 11) is 0. The van der Waals surface area contributed by atoms with E-state index in [0.29, 0.717) is 0 Å². The molecule has 0 atom stereocenters. The maximum absolute atomic E-state index is 11.1. The summed E-state index contributed by atoms with van der Waals surface area (Å²) in [5, 5.41) is 11.7.